The molecule has 0 aliphatic heterocycles. The number of aryl methyl sites for hydroxylation is 1. The van der Waals surface area contributed by atoms with Gasteiger partial charge in [-0.2, -0.15) is 8.42 Å². The van der Waals surface area contributed by atoms with E-state index in [0.717, 1.165) is 44.3 Å². The molecule has 0 spiro atoms. The van der Waals surface area contributed by atoms with E-state index in [-0.39, 0.29) is 4.90 Å². The predicted octanol–water partition coefficient (Wildman–Crippen LogP) is 3.67. The lowest BCUT2D eigenvalue weighted by atomic mass is 10.2. The van der Waals surface area contributed by atoms with Crippen LogP contribution in [-0.4, -0.2) is 57.6 Å². The molecule has 0 aliphatic carbocycles. The topological polar surface area (TPSA) is 88.5 Å². The first-order valence-corrected chi connectivity index (χ1v) is 12.7. The van der Waals surface area contributed by atoms with Crippen LogP contribution in [-0.2, 0) is 20.0 Å². The fraction of sp³-hybridized carbons (Fsp3) is 0.684. The molecule has 0 heterocycles. The minimum absolute atomic E-state index is 0.0666. The molecule has 0 aliphatic rings. The van der Waals surface area contributed by atoms with Gasteiger partial charge in [0.25, 0.3) is 10.1 Å². The van der Waals surface area contributed by atoms with Crippen molar-refractivity contribution < 1.29 is 25.9 Å². The van der Waals surface area contributed by atoms with Gasteiger partial charge in [0.1, 0.15) is 0 Å². The van der Waals surface area contributed by atoms with Gasteiger partial charge in [0.2, 0.25) is 9.84 Å². The van der Waals surface area contributed by atoms with Crippen LogP contribution in [0.25, 0.3) is 0 Å². The van der Waals surface area contributed by atoms with Crippen LogP contribution in [0.3, 0.4) is 0 Å². The first-order valence-electron chi connectivity index (χ1n) is 9.47. The highest BCUT2D eigenvalue weighted by molar-refractivity contribution is 7.91. The summed E-state index contributed by atoms with van der Waals surface area (Å²) < 4.78 is 54.0. The molecular formula is C19H36NO5S2+. The fourth-order valence-corrected chi connectivity index (χ4v) is 4.97. The summed E-state index contributed by atoms with van der Waals surface area (Å²) in [5, 5.41) is 0. The summed E-state index contributed by atoms with van der Waals surface area (Å²) in [6, 6.07) is 5.99. The van der Waals surface area contributed by atoms with E-state index in [1.165, 1.54) is 12.1 Å². The molecule has 0 amide bonds. The molecule has 0 saturated carbocycles. The average molecular weight is 423 g/mol. The minimum Gasteiger partial charge on any atom is -0.314 e. The summed E-state index contributed by atoms with van der Waals surface area (Å²) in [5.41, 5.74) is 0.956. The van der Waals surface area contributed by atoms with Gasteiger partial charge >= 0.3 is 0 Å². The number of hydrogen-bond donors (Lipinski definition) is 1. The van der Waals surface area contributed by atoms with Gasteiger partial charge in [-0.3, -0.25) is 4.55 Å². The van der Waals surface area contributed by atoms with Crippen molar-refractivity contribution in [3.8, 4) is 0 Å². The van der Waals surface area contributed by atoms with Crippen molar-refractivity contribution in [2.45, 2.75) is 58.3 Å². The number of quaternary nitrogens is 1. The zero-order valence-electron chi connectivity index (χ0n) is 17.3. The Labute approximate surface area is 165 Å². The lowest BCUT2D eigenvalue weighted by Gasteiger charge is -2.31. The summed E-state index contributed by atoms with van der Waals surface area (Å²) in [6.07, 6.45) is 4.16. The molecule has 8 heteroatoms. The molecule has 158 valence electrons. The largest absolute Gasteiger partial charge is 0.314 e. The second-order valence-corrected chi connectivity index (χ2v) is 10.8. The van der Waals surface area contributed by atoms with Gasteiger partial charge in [-0.25, -0.2) is 8.42 Å². The maximum atomic E-state index is 11.9. The van der Waals surface area contributed by atoms with E-state index in [2.05, 4.69) is 20.8 Å². The van der Waals surface area contributed by atoms with Gasteiger partial charge in [-0.05, 0) is 39.3 Å². The average Bonchev–Trinajstić information content (AvgIpc) is 2.58. The Morgan fingerprint density at radius 1 is 0.889 bits per heavy atom. The SMILES string of the molecule is CCCCCCS(=O)(=O)C[N+](C)(CC)CC.Cc1ccc(S(=O)(=O)O)cc1. The van der Waals surface area contributed by atoms with Crippen molar-refractivity contribution in [3.63, 3.8) is 0 Å². The smallest absolute Gasteiger partial charge is 0.294 e. The van der Waals surface area contributed by atoms with E-state index in [1.54, 1.807) is 12.1 Å². The number of hydrogen-bond acceptors (Lipinski definition) is 4. The Morgan fingerprint density at radius 3 is 1.81 bits per heavy atom. The van der Waals surface area contributed by atoms with Gasteiger partial charge in [-0.15, -0.1) is 0 Å². The number of benzene rings is 1. The third kappa shape index (κ3) is 11.5. The van der Waals surface area contributed by atoms with Gasteiger partial charge in [0.15, 0.2) is 5.88 Å². The molecule has 0 aromatic heterocycles. The minimum atomic E-state index is -4.02. The van der Waals surface area contributed by atoms with Crippen LogP contribution >= 0.6 is 0 Å². The highest BCUT2D eigenvalue weighted by Gasteiger charge is 2.25. The van der Waals surface area contributed by atoms with Crippen molar-refractivity contribution in [1.82, 2.24) is 0 Å². The van der Waals surface area contributed by atoms with Crippen molar-refractivity contribution in [1.29, 1.82) is 0 Å². The first kappa shape index (κ1) is 26.0. The zero-order valence-corrected chi connectivity index (χ0v) is 18.9. The van der Waals surface area contributed by atoms with Crippen molar-refractivity contribution in [3.05, 3.63) is 29.8 Å². The second kappa shape index (κ2) is 11.8. The molecule has 0 unspecified atom stereocenters. The highest BCUT2D eigenvalue weighted by Crippen LogP contribution is 2.10. The third-order valence-corrected chi connectivity index (χ3v) is 7.46. The van der Waals surface area contributed by atoms with Crippen LogP contribution in [0.1, 0.15) is 52.0 Å². The maximum absolute atomic E-state index is 11.9. The highest BCUT2D eigenvalue weighted by atomic mass is 32.2. The molecule has 0 fully saturated rings. The molecule has 1 rings (SSSR count). The number of sulfone groups is 1. The van der Waals surface area contributed by atoms with Gasteiger partial charge in [0, 0.05) is 0 Å². The lowest BCUT2D eigenvalue weighted by molar-refractivity contribution is -0.894. The fourth-order valence-electron chi connectivity index (χ4n) is 2.40. The number of rotatable bonds is 10. The molecule has 0 radical (unpaired) electrons. The summed E-state index contributed by atoms with van der Waals surface area (Å²) >= 11 is 0. The molecule has 1 aromatic carbocycles. The molecule has 6 nitrogen and oxygen atoms in total. The molecule has 0 saturated heterocycles. The molecule has 1 aromatic rings. The monoisotopic (exact) mass is 422 g/mol. The zero-order chi connectivity index (χ0) is 21.1. The Bertz CT molecular complexity index is 737. The van der Waals surface area contributed by atoms with E-state index in [4.69, 9.17) is 4.55 Å². The van der Waals surface area contributed by atoms with E-state index in [9.17, 15) is 16.8 Å². The van der Waals surface area contributed by atoms with Gasteiger partial charge in [0.05, 0.1) is 30.8 Å². The predicted molar refractivity (Wildman–Crippen MR) is 111 cm³/mol. The standard InChI is InChI=1S/C12H28NO2S.C7H8O3S/c1-5-8-9-10-11-16(14,15)12-13(4,6-2)7-3;1-6-2-4-7(5-3-6)11(8,9)10/h5-12H2,1-4H3;2-5H,1H3,(H,8,9,10)/q+1;. The van der Waals surface area contributed by atoms with E-state index in [1.807, 2.05) is 14.0 Å². The maximum Gasteiger partial charge on any atom is 0.294 e. The van der Waals surface area contributed by atoms with Crippen LogP contribution in [0.5, 0.6) is 0 Å². The summed E-state index contributed by atoms with van der Waals surface area (Å²) in [5.74, 6) is 0.660. The van der Waals surface area contributed by atoms with E-state index >= 15 is 0 Å². The molecule has 0 bridgehead atoms. The third-order valence-electron chi connectivity index (χ3n) is 4.66. The molecule has 27 heavy (non-hydrogen) atoms. The second-order valence-electron chi connectivity index (χ2n) is 7.18. The molecule has 0 atom stereocenters. The molecular weight excluding hydrogens is 386 g/mol. The van der Waals surface area contributed by atoms with Crippen molar-refractivity contribution in [2.75, 3.05) is 31.8 Å². The Balaban J connectivity index is 0.000000533. The van der Waals surface area contributed by atoms with Gasteiger partial charge < -0.3 is 4.48 Å². The van der Waals surface area contributed by atoms with Crippen LogP contribution in [0.2, 0.25) is 0 Å². The quantitative estimate of drug-likeness (QED) is 0.353. The Hall–Kier alpha value is -0.960. The summed E-state index contributed by atoms with van der Waals surface area (Å²) in [7, 11) is -4.87. The first-order chi connectivity index (χ1) is 12.4. The number of unbranched alkanes of at least 4 members (excludes halogenated alkanes) is 3. The summed E-state index contributed by atoms with van der Waals surface area (Å²) in [6.45, 7) is 9.84. The van der Waals surface area contributed by atoms with Crippen LogP contribution in [0, 0.1) is 6.92 Å². The molecule has 1 N–H and O–H groups in total. The van der Waals surface area contributed by atoms with Crippen molar-refractivity contribution in [2.24, 2.45) is 0 Å². The van der Waals surface area contributed by atoms with Crippen LogP contribution < -0.4 is 0 Å². The van der Waals surface area contributed by atoms with Crippen molar-refractivity contribution >= 4 is 20.0 Å². The van der Waals surface area contributed by atoms with Crippen LogP contribution in [0.4, 0.5) is 0 Å². The van der Waals surface area contributed by atoms with Crippen LogP contribution in [0.15, 0.2) is 29.2 Å². The summed E-state index contributed by atoms with van der Waals surface area (Å²) in [4.78, 5) is -0.0666. The van der Waals surface area contributed by atoms with Gasteiger partial charge in [-0.1, -0.05) is 43.9 Å². The van der Waals surface area contributed by atoms with E-state index < -0.39 is 20.0 Å². The van der Waals surface area contributed by atoms with E-state index in [0.29, 0.717) is 16.1 Å². The Kier molecular flexibility index (Phi) is 11.4. The Morgan fingerprint density at radius 2 is 1.41 bits per heavy atom. The number of nitrogens with zero attached hydrogens (tertiary/aromatic N) is 1. The normalized spacial score (nSPS) is 12.4. The lowest BCUT2D eigenvalue weighted by Crippen LogP contribution is -2.47.